The van der Waals surface area contributed by atoms with Gasteiger partial charge in [0.2, 0.25) is 0 Å². The molecule has 0 amide bonds. The van der Waals surface area contributed by atoms with E-state index in [0.717, 1.165) is 36.2 Å². The molecule has 1 saturated heterocycles. The summed E-state index contributed by atoms with van der Waals surface area (Å²) in [6, 6.07) is 5.75. The average molecular weight is 277 g/mol. The topological polar surface area (TPSA) is 3.24 Å². The molecule has 0 N–H and O–H groups in total. The zero-order chi connectivity index (χ0) is 14.7. The van der Waals surface area contributed by atoms with Crippen molar-refractivity contribution >= 4 is 5.69 Å². The Morgan fingerprint density at radius 1 is 1.15 bits per heavy atom. The van der Waals surface area contributed by atoms with Crippen molar-refractivity contribution in [1.29, 1.82) is 0 Å². The van der Waals surface area contributed by atoms with Crippen LogP contribution in [0.4, 0.5) is 10.1 Å². The number of nitrogens with zero attached hydrogens (tertiary/aromatic N) is 1. The minimum absolute atomic E-state index is 0.0569. The lowest BCUT2D eigenvalue weighted by Crippen LogP contribution is -2.34. The van der Waals surface area contributed by atoms with Crippen molar-refractivity contribution in [3.05, 3.63) is 29.6 Å². The van der Waals surface area contributed by atoms with Crippen molar-refractivity contribution in [2.24, 2.45) is 11.8 Å². The summed E-state index contributed by atoms with van der Waals surface area (Å²) in [4.78, 5) is 2.22. The average Bonchev–Trinajstić information content (AvgIpc) is 2.39. The van der Waals surface area contributed by atoms with Crippen LogP contribution in [0.3, 0.4) is 0 Å². The molecule has 0 spiro atoms. The number of hydrogen-bond acceptors (Lipinski definition) is 1. The van der Waals surface area contributed by atoms with Crippen molar-refractivity contribution in [3.63, 3.8) is 0 Å². The molecular weight excluding hydrogens is 249 g/mol. The van der Waals surface area contributed by atoms with Gasteiger partial charge in [-0.25, -0.2) is 4.39 Å². The minimum Gasteiger partial charge on any atom is -0.369 e. The number of halogens is 1. The molecule has 1 fully saturated rings. The molecule has 1 aliphatic rings. The van der Waals surface area contributed by atoms with Gasteiger partial charge in [-0.05, 0) is 54.7 Å². The third-order valence-corrected chi connectivity index (χ3v) is 4.40. The van der Waals surface area contributed by atoms with E-state index in [1.165, 1.54) is 19.3 Å². The predicted molar refractivity (Wildman–Crippen MR) is 84.9 cm³/mol. The number of hydrogen-bond donors (Lipinski definition) is 0. The normalized spacial score (nSPS) is 17.2. The summed E-state index contributed by atoms with van der Waals surface area (Å²) in [6.07, 6.45) is 3.70. The second-order valence-corrected chi connectivity index (χ2v) is 6.93. The Labute approximate surface area is 123 Å². The highest BCUT2D eigenvalue weighted by atomic mass is 19.1. The second-order valence-electron chi connectivity index (χ2n) is 6.93. The van der Waals surface area contributed by atoms with Crippen molar-refractivity contribution in [2.45, 2.75) is 52.9 Å². The lowest BCUT2D eigenvalue weighted by molar-refractivity contribution is 0.337. The van der Waals surface area contributed by atoms with Gasteiger partial charge in [0.05, 0.1) is 5.69 Å². The molecule has 0 atom stereocenters. The van der Waals surface area contributed by atoms with E-state index in [0.29, 0.717) is 5.92 Å². The lowest BCUT2D eigenvalue weighted by atomic mass is 9.88. The maximum Gasteiger partial charge on any atom is 0.146 e. The van der Waals surface area contributed by atoms with Gasteiger partial charge in [0.15, 0.2) is 0 Å². The molecule has 0 aromatic heterocycles. The van der Waals surface area contributed by atoms with E-state index in [-0.39, 0.29) is 5.82 Å². The first-order valence-electron chi connectivity index (χ1n) is 8.01. The Bertz CT molecular complexity index is 431. The smallest absolute Gasteiger partial charge is 0.146 e. The predicted octanol–water partition coefficient (Wildman–Crippen LogP) is 5.21. The molecule has 20 heavy (non-hydrogen) atoms. The Morgan fingerprint density at radius 2 is 1.80 bits per heavy atom. The van der Waals surface area contributed by atoms with Crippen LogP contribution in [0.25, 0.3) is 0 Å². The van der Waals surface area contributed by atoms with Gasteiger partial charge < -0.3 is 4.90 Å². The van der Waals surface area contributed by atoms with Crippen molar-refractivity contribution in [3.8, 4) is 0 Å². The second kappa shape index (κ2) is 6.60. The summed E-state index contributed by atoms with van der Waals surface area (Å²) >= 11 is 0. The van der Waals surface area contributed by atoms with Crippen LogP contribution in [0, 0.1) is 17.7 Å². The van der Waals surface area contributed by atoms with Gasteiger partial charge in [-0.3, -0.25) is 0 Å². The van der Waals surface area contributed by atoms with E-state index >= 15 is 0 Å². The number of rotatable bonds is 4. The van der Waals surface area contributed by atoms with Gasteiger partial charge in [0.25, 0.3) is 0 Å². The van der Waals surface area contributed by atoms with E-state index in [4.69, 9.17) is 0 Å². The largest absolute Gasteiger partial charge is 0.369 e. The fourth-order valence-corrected chi connectivity index (χ4v) is 3.21. The van der Waals surface area contributed by atoms with E-state index in [2.05, 4.69) is 38.7 Å². The summed E-state index contributed by atoms with van der Waals surface area (Å²) < 4.78 is 14.3. The molecule has 0 radical (unpaired) electrons. The summed E-state index contributed by atoms with van der Waals surface area (Å²) in [7, 11) is 0. The molecule has 0 aliphatic carbocycles. The first-order chi connectivity index (χ1) is 9.47. The minimum atomic E-state index is -0.0569. The van der Waals surface area contributed by atoms with Crippen LogP contribution < -0.4 is 4.90 Å². The van der Waals surface area contributed by atoms with Crippen LogP contribution >= 0.6 is 0 Å². The highest BCUT2D eigenvalue weighted by Crippen LogP contribution is 2.30. The quantitative estimate of drug-likeness (QED) is 0.730. The van der Waals surface area contributed by atoms with Gasteiger partial charge in [-0.1, -0.05) is 33.8 Å². The number of anilines is 1. The van der Waals surface area contributed by atoms with Gasteiger partial charge in [-0.2, -0.15) is 0 Å². The molecule has 0 saturated carbocycles. The lowest BCUT2D eigenvalue weighted by Gasteiger charge is -2.34. The molecule has 1 aliphatic heterocycles. The molecule has 0 bridgehead atoms. The van der Waals surface area contributed by atoms with E-state index in [1.54, 1.807) is 6.07 Å². The van der Waals surface area contributed by atoms with Crippen LogP contribution in [-0.2, 0) is 0 Å². The molecule has 0 unspecified atom stereocenters. The van der Waals surface area contributed by atoms with Crippen LogP contribution in [0.15, 0.2) is 18.2 Å². The fraction of sp³-hybridized carbons (Fsp3) is 0.667. The molecular formula is C18H28FN. The monoisotopic (exact) mass is 277 g/mol. The first-order valence-corrected chi connectivity index (χ1v) is 8.01. The Balaban J connectivity index is 2.00. The summed E-state index contributed by atoms with van der Waals surface area (Å²) in [5.74, 6) is 1.92. The first kappa shape index (κ1) is 15.3. The highest BCUT2D eigenvalue weighted by molar-refractivity contribution is 5.50. The molecule has 2 rings (SSSR count). The molecule has 1 nitrogen and oxygen atoms in total. The van der Waals surface area contributed by atoms with Crippen molar-refractivity contribution in [1.82, 2.24) is 0 Å². The van der Waals surface area contributed by atoms with Crippen LogP contribution in [0.2, 0.25) is 0 Å². The number of benzene rings is 1. The third-order valence-electron chi connectivity index (χ3n) is 4.40. The van der Waals surface area contributed by atoms with Crippen molar-refractivity contribution in [2.75, 3.05) is 18.0 Å². The standard InChI is InChI=1S/C18H28FN/c1-13(2)11-15-7-9-20(10-8-15)18-6-5-16(14(3)4)12-17(18)19/h5-6,12-15H,7-11H2,1-4H3. The van der Waals surface area contributed by atoms with E-state index < -0.39 is 0 Å². The SMILES string of the molecule is CC(C)CC1CCN(c2ccc(C(C)C)cc2F)CC1. The van der Waals surface area contributed by atoms with E-state index in [1.807, 2.05) is 6.07 Å². The maximum atomic E-state index is 14.3. The van der Waals surface area contributed by atoms with E-state index in [9.17, 15) is 4.39 Å². The van der Waals surface area contributed by atoms with Gasteiger partial charge in [-0.15, -0.1) is 0 Å². The summed E-state index contributed by atoms with van der Waals surface area (Å²) in [5.41, 5.74) is 1.87. The van der Waals surface area contributed by atoms with Gasteiger partial charge in [0.1, 0.15) is 5.82 Å². The number of piperidine rings is 1. The third kappa shape index (κ3) is 3.74. The Hall–Kier alpha value is -1.05. The zero-order valence-electron chi connectivity index (χ0n) is 13.3. The molecule has 1 heterocycles. The maximum absolute atomic E-state index is 14.3. The van der Waals surface area contributed by atoms with Crippen LogP contribution in [0.1, 0.15) is 58.4 Å². The molecule has 112 valence electrons. The Kier molecular flexibility index (Phi) is 5.06. The van der Waals surface area contributed by atoms with Gasteiger partial charge in [0, 0.05) is 13.1 Å². The van der Waals surface area contributed by atoms with Crippen LogP contribution in [-0.4, -0.2) is 13.1 Å². The highest BCUT2D eigenvalue weighted by Gasteiger charge is 2.22. The zero-order valence-corrected chi connectivity index (χ0v) is 13.3. The Morgan fingerprint density at radius 3 is 2.30 bits per heavy atom. The summed E-state index contributed by atoms with van der Waals surface area (Å²) in [6.45, 7) is 10.8. The molecule has 2 heteroatoms. The molecule has 1 aromatic carbocycles. The van der Waals surface area contributed by atoms with Crippen molar-refractivity contribution < 1.29 is 4.39 Å². The molecule has 1 aromatic rings. The fourth-order valence-electron chi connectivity index (χ4n) is 3.21. The summed E-state index contributed by atoms with van der Waals surface area (Å²) in [5, 5.41) is 0. The van der Waals surface area contributed by atoms with Crippen LogP contribution in [0.5, 0.6) is 0 Å². The van der Waals surface area contributed by atoms with Gasteiger partial charge >= 0.3 is 0 Å².